The van der Waals surface area contributed by atoms with Crippen molar-refractivity contribution in [3.05, 3.63) is 199 Å². The van der Waals surface area contributed by atoms with Gasteiger partial charge in [0.15, 0.2) is 5.69 Å². The van der Waals surface area contributed by atoms with Crippen molar-refractivity contribution in [3.8, 4) is 28.2 Å². The van der Waals surface area contributed by atoms with Gasteiger partial charge in [-0.05, 0) is 59.5 Å². The lowest BCUT2D eigenvalue weighted by Crippen LogP contribution is -2.03. The van der Waals surface area contributed by atoms with Crippen LogP contribution in [0.4, 0.5) is 11.4 Å². The second-order valence-electron chi connectivity index (χ2n) is 13.9. The van der Waals surface area contributed by atoms with E-state index in [0.717, 1.165) is 82.8 Å². The lowest BCUT2D eigenvalue weighted by molar-refractivity contribution is 1.13. The molecule has 0 radical (unpaired) electrons. The Kier molecular flexibility index (Phi) is 6.61. The van der Waals surface area contributed by atoms with Crippen molar-refractivity contribution in [1.29, 1.82) is 0 Å². The lowest BCUT2D eigenvalue weighted by atomic mass is 9.99. The van der Waals surface area contributed by atoms with Crippen molar-refractivity contribution < 1.29 is 0 Å². The van der Waals surface area contributed by atoms with Crippen molar-refractivity contribution in [1.82, 2.24) is 13.7 Å². The van der Waals surface area contributed by atoms with Gasteiger partial charge in [-0.3, -0.25) is 0 Å². The Morgan fingerprint density at radius 1 is 0.345 bits per heavy atom. The van der Waals surface area contributed by atoms with E-state index < -0.39 is 0 Å². The predicted molar refractivity (Wildman–Crippen MR) is 227 cm³/mol. The molecule has 3 aromatic heterocycles. The van der Waals surface area contributed by atoms with Crippen LogP contribution in [-0.4, -0.2) is 13.7 Å². The van der Waals surface area contributed by atoms with Crippen molar-refractivity contribution in [2.24, 2.45) is 0 Å². The van der Waals surface area contributed by atoms with Gasteiger partial charge in [-0.2, -0.15) is 0 Å². The van der Waals surface area contributed by atoms with Crippen LogP contribution in [0, 0.1) is 13.1 Å². The van der Waals surface area contributed by atoms with Gasteiger partial charge in [0.25, 0.3) is 0 Å². The fourth-order valence-corrected chi connectivity index (χ4v) is 8.85. The predicted octanol–water partition coefficient (Wildman–Crippen LogP) is 13.7. The summed E-state index contributed by atoms with van der Waals surface area (Å²) in [6, 6.07) is 61.2. The molecule has 0 N–H and O–H groups in total. The van der Waals surface area contributed by atoms with Crippen molar-refractivity contribution >= 4 is 76.8 Å². The Bertz CT molecular complexity index is 3360. The van der Waals surface area contributed by atoms with E-state index in [2.05, 4.69) is 175 Å². The minimum atomic E-state index is 0.578. The zero-order chi connectivity index (χ0) is 36.6. The second kappa shape index (κ2) is 11.8. The number of nitrogens with zero attached hydrogens (tertiary/aromatic N) is 5. The van der Waals surface area contributed by atoms with E-state index in [1.165, 1.54) is 10.8 Å². The molecule has 0 aliphatic heterocycles. The van der Waals surface area contributed by atoms with Gasteiger partial charge in [-0.1, -0.05) is 127 Å². The molecular weight excluding hydrogens is 671 g/mol. The average molecular weight is 700 g/mol. The smallest absolute Gasteiger partial charge is 0.211 e. The molecule has 0 saturated carbocycles. The van der Waals surface area contributed by atoms with Gasteiger partial charge in [0.2, 0.25) is 5.69 Å². The first kappa shape index (κ1) is 30.7. The molecule has 11 rings (SSSR count). The molecule has 0 spiro atoms. The highest BCUT2D eigenvalue weighted by Crippen LogP contribution is 2.45. The maximum absolute atomic E-state index is 8.43. The summed E-state index contributed by atoms with van der Waals surface area (Å²) in [6.07, 6.45) is 0. The summed E-state index contributed by atoms with van der Waals surface area (Å²) in [7, 11) is 0. The first-order valence-corrected chi connectivity index (χ1v) is 18.3. The molecule has 0 saturated heterocycles. The maximum atomic E-state index is 8.43. The summed E-state index contributed by atoms with van der Waals surface area (Å²) >= 11 is 0. The molecule has 0 aliphatic carbocycles. The minimum absolute atomic E-state index is 0.578. The first-order chi connectivity index (χ1) is 27.2. The summed E-state index contributed by atoms with van der Waals surface area (Å²) in [5.74, 6) is 0. The highest BCUT2D eigenvalue weighted by atomic mass is 15.1. The van der Waals surface area contributed by atoms with Crippen molar-refractivity contribution in [2.45, 2.75) is 0 Å². The number of benzene rings is 8. The Labute approximate surface area is 316 Å². The van der Waals surface area contributed by atoms with Crippen molar-refractivity contribution in [3.63, 3.8) is 0 Å². The quantitative estimate of drug-likeness (QED) is 0.163. The fraction of sp³-hybridized carbons (Fsp3) is 0. The monoisotopic (exact) mass is 699 g/mol. The Balaban J connectivity index is 1.29. The third-order valence-corrected chi connectivity index (χ3v) is 11.1. The summed E-state index contributed by atoms with van der Waals surface area (Å²) < 4.78 is 7.01. The van der Waals surface area contributed by atoms with Crippen LogP contribution in [0.3, 0.4) is 0 Å². The van der Waals surface area contributed by atoms with E-state index in [-0.39, 0.29) is 0 Å². The van der Waals surface area contributed by atoms with Crippen LogP contribution < -0.4 is 0 Å². The summed E-state index contributed by atoms with van der Waals surface area (Å²) in [5, 5.41) is 6.75. The molecule has 3 heterocycles. The topological polar surface area (TPSA) is 23.5 Å². The van der Waals surface area contributed by atoms with E-state index in [9.17, 15) is 0 Å². The minimum Gasteiger partial charge on any atom is -0.318 e. The van der Waals surface area contributed by atoms with Crippen molar-refractivity contribution in [2.75, 3.05) is 0 Å². The summed E-state index contributed by atoms with van der Waals surface area (Å²) in [5.41, 5.74) is 12.4. The highest BCUT2D eigenvalue weighted by Gasteiger charge is 2.24. The molecule has 55 heavy (non-hydrogen) atoms. The summed E-state index contributed by atoms with van der Waals surface area (Å²) in [4.78, 5) is 7.98. The van der Waals surface area contributed by atoms with Gasteiger partial charge >= 0.3 is 0 Å². The van der Waals surface area contributed by atoms with Gasteiger partial charge in [0, 0.05) is 32.5 Å². The molecule has 0 bridgehead atoms. The Morgan fingerprint density at radius 2 is 0.836 bits per heavy atom. The van der Waals surface area contributed by atoms with E-state index in [4.69, 9.17) is 13.1 Å². The second-order valence-corrected chi connectivity index (χ2v) is 13.9. The fourth-order valence-electron chi connectivity index (χ4n) is 8.85. The number of hydrogen-bond donors (Lipinski definition) is 0. The Hall–Kier alpha value is -7.86. The van der Waals surface area contributed by atoms with Gasteiger partial charge in [0.1, 0.15) is 0 Å². The molecule has 0 aliphatic rings. The van der Waals surface area contributed by atoms with E-state index in [0.29, 0.717) is 11.4 Å². The first-order valence-electron chi connectivity index (χ1n) is 18.3. The Morgan fingerprint density at radius 3 is 1.45 bits per heavy atom. The molecule has 5 heteroatoms. The molecule has 11 aromatic rings. The largest absolute Gasteiger partial charge is 0.318 e. The lowest BCUT2D eigenvalue weighted by Gasteiger charge is -2.20. The van der Waals surface area contributed by atoms with E-state index in [1.807, 2.05) is 24.3 Å². The molecule has 254 valence electrons. The summed E-state index contributed by atoms with van der Waals surface area (Å²) in [6.45, 7) is 16.3. The molecule has 0 fully saturated rings. The molecule has 0 unspecified atom stereocenters. The van der Waals surface area contributed by atoms with Gasteiger partial charge in [-0.15, -0.1) is 0 Å². The van der Waals surface area contributed by atoms with Crippen LogP contribution in [0.1, 0.15) is 0 Å². The van der Waals surface area contributed by atoms with E-state index in [1.54, 1.807) is 0 Å². The van der Waals surface area contributed by atoms with Crippen LogP contribution in [0.2, 0.25) is 0 Å². The standard InChI is InChI=1S/C50H29N5/c1-51-32-29-30-47-40(31-32)39-21-14-28-48(53-42-23-8-3-15-33(42)34-16-4-9-24-43(34)53)50(39)55(47)46-27-12-7-19-37(46)38-20-13-22-41(52-2)49(38)54-44-25-10-5-17-35(44)36-18-6-11-26-45(36)54/h3-31H. The number of rotatable bonds is 4. The van der Waals surface area contributed by atoms with Gasteiger partial charge < -0.3 is 13.7 Å². The van der Waals surface area contributed by atoms with Crippen LogP contribution >= 0.6 is 0 Å². The number of fused-ring (bicyclic) bond motifs is 9. The zero-order valence-corrected chi connectivity index (χ0v) is 29.5. The number of para-hydroxylation sites is 7. The van der Waals surface area contributed by atoms with Gasteiger partial charge in [0.05, 0.1) is 63.3 Å². The molecule has 8 aromatic carbocycles. The zero-order valence-electron chi connectivity index (χ0n) is 29.5. The number of hydrogen-bond acceptors (Lipinski definition) is 0. The molecule has 0 amide bonds. The average Bonchev–Trinajstić information content (AvgIpc) is 3.89. The SMILES string of the molecule is [C-]#[N+]c1ccc2c(c1)c1cccc(-n3c4ccccc4c4ccccc43)c1n2-c1ccccc1-c1cccc([N+]#[C-])c1-n1c2ccccc2c2ccccc21. The molecular formula is C50H29N5. The normalized spacial score (nSPS) is 11.6. The molecule has 5 nitrogen and oxygen atoms in total. The number of aromatic nitrogens is 3. The molecule has 0 atom stereocenters. The third kappa shape index (κ3) is 4.33. The van der Waals surface area contributed by atoms with Crippen LogP contribution in [0.15, 0.2) is 176 Å². The van der Waals surface area contributed by atoms with E-state index >= 15 is 0 Å². The maximum Gasteiger partial charge on any atom is 0.211 e. The highest BCUT2D eigenvalue weighted by molar-refractivity contribution is 6.16. The van der Waals surface area contributed by atoms with Gasteiger partial charge in [-0.25, -0.2) is 9.69 Å². The van der Waals surface area contributed by atoms with Crippen LogP contribution in [0.5, 0.6) is 0 Å². The van der Waals surface area contributed by atoms with Crippen LogP contribution in [-0.2, 0) is 0 Å². The third-order valence-electron chi connectivity index (χ3n) is 11.1. The van der Waals surface area contributed by atoms with Crippen LogP contribution in [0.25, 0.3) is 103 Å².